The number of fused-ring (bicyclic) bond motifs is 1. The molecule has 2 unspecified atom stereocenters. The minimum Gasteiger partial charge on any atom is -0.459 e. The predicted octanol–water partition coefficient (Wildman–Crippen LogP) is 3.81. The van der Waals surface area contributed by atoms with E-state index in [0.29, 0.717) is 16.7 Å². The van der Waals surface area contributed by atoms with Gasteiger partial charge in [-0.2, -0.15) is 0 Å². The third-order valence-electron chi connectivity index (χ3n) is 5.03. The second-order valence-electron chi connectivity index (χ2n) is 8.11. The Kier molecular flexibility index (Phi) is 5.06. The molecule has 0 bridgehead atoms. The summed E-state index contributed by atoms with van der Waals surface area (Å²) in [6.07, 6.45) is 0.0876. The molecule has 0 radical (unpaired) electrons. The van der Waals surface area contributed by atoms with Gasteiger partial charge in [-0.15, -0.1) is 0 Å². The number of esters is 1. The van der Waals surface area contributed by atoms with Gasteiger partial charge >= 0.3 is 5.97 Å². The number of ketones is 1. The number of rotatable bonds is 5. The van der Waals surface area contributed by atoms with Gasteiger partial charge in [-0.1, -0.05) is 54.6 Å². The highest BCUT2D eigenvalue weighted by molar-refractivity contribution is 6.17. The van der Waals surface area contributed by atoms with Gasteiger partial charge in [0.1, 0.15) is 11.0 Å². The van der Waals surface area contributed by atoms with Crippen LogP contribution in [0.5, 0.6) is 0 Å². The molecule has 146 valence electrons. The first-order chi connectivity index (χ1) is 13.1. The summed E-state index contributed by atoms with van der Waals surface area (Å²) in [5, 5.41) is 11.5. The molecule has 0 saturated heterocycles. The molecule has 2 aromatic rings. The van der Waals surface area contributed by atoms with Crippen molar-refractivity contribution in [3.8, 4) is 0 Å². The molecule has 0 heterocycles. The van der Waals surface area contributed by atoms with E-state index in [1.807, 2.05) is 0 Å². The molecule has 28 heavy (non-hydrogen) atoms. The lowest BCUT2D eigenvalue weighted by atomic mass is 9.69. The van der Waals surface area contributed by atoms with Crippen LogP contribution in [0.15, 0.2) is 54.6 Å². The van der Waals surface area contributed by atoms with Gasteiger partial charge in [0.05, 0.1) is 5.92 Å². The van der Waals surface area contributed by atoms with Crippen LogP contribution in [0, 0.1) is 15.5 Å². The molecule has 6 nitrogen and oxygen atoms in total. The lowest BCUT2D eigenvalue weighted by Gasteiger charge is -2.34. The summed E-state index contributed by atoms with van der Waals surface area (Å²) in [6.45, 7) is 4.62. The number of hydrogen-bond donors (Lipinski definition) is 0. The molecular formula is C22H23NO5. The van der Waals surface area contributed by atoms with Crippen molar-refractivity contribution in [1.29, 1.82) is 0 Å². The number of benzene rings is 2. The highest BCUT2D eigenvalue weighted by atomic mass is 16.6. The summed E-state index contributed by atoms with van der Waals surface area (Å²) in [4.78, 5) is 38.0. The molecule has 0 spiro atoms. The van der Waals surface area contributed by atoms with Crippen molar-refractivity contribution in [3.63, 3.8) is 0 Å². The van der Waals surface area contributed by atoms with Crippen LogP contribution in [0.2, 0.25) is 0 Å². The van der Waals surface area contributed by atoms with Crippen LogP contribution < -0.4 is 0 Å². The molecule has 0 N–H and O–H groups in total. The van der Waals surface area contributed by atoms with Crippen LogP contribution in [0.4, 0.5) is 0 Å². The Morgan fingerprint density at radius 3 is 2.32 bits per heavy atom. The van der Waals surface area contributed by atoms with Crippen LogP contribution in [-0.2, 0) is 16.0 Å². The first kappa shape index (κ1) is 19.7. The van der Waals surface area contributed by atoms with E-state index in [2.05, 4.69) is 0 Å². The third-order valence-corrected chi connectivity index (χ3v) is 5.03. The zero-order valence-corrected chi connectivity index (χ0v) is 16.2. The van der Waals surface area contributed by atoms with E-state index in [1.54, 1.807) is 75.4 Å². The number of nitro groups is 1. The summed E-state index contributed by atoms with van der Waals surface area (Å²) in [7, 11) is 0. The highest BCUT2D eigenvalue weighted by Gasteiger charge is 2.60. The second kappa shape index (κ2) is 7.19. The molecule has 6 heteroatoms. The van der Waals surface area contributed by atoms with Crippen molar-refractivity contribution in [2.24, 2.45) is 5.41 Å². The minimum atomic E-state index is -1.66. The van der Waals surface area contributed by atoms with Gasteiger partial charge < -0.3 is 4.74 Å². The summed E-state index contributed by atoms with van der Waals surface area (Å²) in [5.74, 6) is -2.05. The maximum absolute atomic E-state index is 13.5. The van der Waals surface area contributed by atoms with Crippen LogP contribution in [0.1, 0.15) is 48.2 Å². The number of Topliss-reactive ketones (excluding diaryl/α,β-unsaturated/α-hetero) is 1. The summed E-state index contributed by atoms with van der Waals surface area (Å²) in [6, 6.07) is 15.7. The van der Waals surface area contributed by atoms with Crippen LogP contribution in [0.25, 0.3) is 0 Å². The number of carbonyl (C=O) groups excluding carboxylic acids is 2. The zero-order chi connectivity index (χ0) is 20.5. The summed E-state index contributed by atoms with van der Waals surface area (Å²) >= 11 is 0. The van der Waals surface area contributed by atoms with Gasteiger partial charge in [0.15, 0.2) is 5.78 Å². The Labute approximate surface area is 163 Å². The van der Waals surface area contributed by atoms with Crippen molar-refractivity contribution in [3.05, 3.63) is 81.4 Å². The van der Waals surface area contributed by atoms with E-state index in [-0.39, 0.29) is 6.42 Å². The first-order valence-corrected chi connectivity index (χ1v) is 9.18. The fraction of sp³-hybridized carbons (Fsp3) is 0.364. The van der Waals surface area contributed by atoms with Gasteiger partial charge in [-0.3, -0.25) is 19.7 Å². The van der Waals surface area contributed by atoms with E-state index in [1.165, 1.54) is 0 Å². The van der Waals surface area contributed by atoms with Crippen LogP contribution in [-0.4, -0.2) is 28.8 Å². The minimum absolute atomic E-state index is 0.0876. The zero-order valence-electron chi connectivity index (χ0n) is 16.2. The molecule has 0 saturated carbocycles. The van der Waals surface area contributed by atoms with Gasteiger partial charge in [0, 0.05) is 10.5 Å². The van der Waals surface area contributed by atoms with Gasteiger partial charge in [0.2, 0.25) is 6.54 Å². The second-order valence-corrected chi connectivity index (χ2v) is 8.11. The van der Waals surface area contributed by atoms with E-state index in [4.69, 9.17) is 4.74 Å². The molecule has 0 aliphatic heterocycles. The lowest BCUT2D eigenvalue weighted by molar-refractivity contribution is -0.485. The average molecular weight is 381 g/mol. The van der Waals surface area contributed by atoms with Crippen molar-refractivity contribution in [1.82, 2.24) is 0 Å². The topological polar surface area (TPSA) is 86.5 Å². The van der Waals surface area contributed by atoms with Crippen molar-refractivity contribution < 1.29 is 19.2 Å². The van der Waals surface area contributed by atoms with E-state index in [9.17, 15) is 19.7 Å². The molecule has 0 fully saturated rings. The van der Waals surface area contributed by atoms with Crippen molar-refractivity contribution in [2.45, 2.75) is 38.7 Å². The van der Waals surface area contributed by atoms with Crippen molar-refractivity contribution in [2.75, 3.05) is 6.54 Å². The Balaban J connectivity index is 2.19. The largest absolute Gasteiger partial charge is 0.459 e. The number of ether oxygens (including phenoxy) is 1. The molecule has 3 rings (SSSR count). The van der Waals surface area contributed by atoms with Gasteiger partial charge in [-0.05, 0) is 38.3 Å². The number of carbonyl (C=O) groups is 2. The molecule has 0 aromatic heterocycles. The lowest BCUT2D eigenvalue weighted by Crippen LogP contribution is -2.48. The van der Waals surface area contributed by atoms with Gasteiger partial charge in [-0.25, -0.2) is 0 Å². The summed E-state index contributed by atoms with van der Waals surface area (Å²) in [5.41, 5.74) is -0.771. The highest BCUT2D eigenvalue weighted by Crippen LogP contribution is 2.48. The Hall–Kier alpha value is -3.02. The number of nitrogens with zero attached hydrogens (tertiary/aromatic N) is 1. The molecule has 0 amide bonds. The van der Waals surface area contributed by atoms with Crippen LogP contribution >= 0.6 is 0 Å². The van der Waals surface area contributed by atoms with E-state index in [0.717, 1.165) is 0 Å². The monoisotopic (exact) mass is 381 g/mol. The SMILES string of the molecule is CC(C)(C)OC(=O)C1(C(C[N+](=O)[O-])c2ccccc2)Cc2ccccc2C1=O. The number of hydrogen-bond acceptors (Lipinski definition) is 5. The first-order valence-electron chi connectivity index (χ1n) is 9.18. The van der Waals surface area contributed by atoms with Crippen LogP contribution in [0.3, 0.4) is 0 Å². The maximum Gasteiger partial charge on any atom is 0.321 e. The third kappa shape index (κ3) is 3.54. The molecular weight excluding hydrogens is 358 g/mol. The fourth-order valence-corrected chi connectivity index (χ4v) is 3.85. The van der Waals surface area contributed by atoms with Gasteiger partial charge in [0.25, 0.3) is 0 Å². The molecule has 1 aliphatic rings. The average Bonchev–Trinajstić information content (AvgIpc) is 2.93. The summed E-state index contributed by atoms with van der Waals surface area (Å²) < 4.78 is 5.63. The van der Waals surface area contributed by atoms with Crippen molar-refractivity contribution >= 4 is 11.8 Å². The smallest absolute Gasteiger partial charge is 0.321 e. The maximum atomic E-state index is 13.5. The van der Waals surface area contributed by atoms with E-state index >= 15 is 0 Å². The quantitative estimate of drug-likeness (QED) is 0.340. The molecule has 2 aromatic carbocycles. The predicted molar refractivity (Wildman–Crippen MR) is 104 cm³/mol. The molecule has 2 atom stereocenters. The molecule has 1 aliphatic carbocycles. The Morgan fingerprint density at radius 1 is 1.14 bits per heavy atom. The fourth-order valence-electron chi connectivity index (χ4n) is 3.85. The standard InChI is InChI=1S/C22H23NO5/c1-21(2,3)28-20(25)22(13-16-11-7-8-12-17(16)19(22)24)18(14-23(26)27)15-9-5-4-6-10-15/h4-12,18H,13-14H2,1-3H3. The van der Waals surface area contributed by atoms with E-state index < -0.39 is 40.2 Å². The Morgan fingerprint density at radius 2 is 1.75 bits per heavy atom. The normalized spacial score (nSPS) is 19.8. The Bertz CT molecular complexity index is 916.